The number of carboxylic acid groups (broad SMARTS) is 1. The Kier molecular flexibility index (Phi) is 3.74. The molecule has 1 aromatic rings. The molecule has 0 aromatic heterocycles. The second-order valence-electron chi connectivity index (χ2n) is 3.20. The first-order chi connectivity index (χ1) is 7.02. The lowest BCUT2D eigenvalue weighted by atomic mass is 10.1. The average Bonchev–Trinajstić information content (AvgIpc) is 2.19. The quantitative estimate of drug-likeness (QED) is 0.795. The highest BCUT2D eigenvalue weighted by Gasteiger charge is 2.13. The van der Waals surface area contributed by atoms with E-state index in [1.165, 1.54) is 12.1 Å². The third-order valence-electron chi connectivity index (χ3n) is 2.07. The van der Waals surface area contributed by atoms with Gasteiger partial charge in [-0.25, -0.2) is 8.78 Å². The van der Waals surface area contributed by atoms with E-state index in [1.54, 1.807) is 0 Å². The molecule has 1 atom stereocenters. The van der Waals surface area contributed by atoms with Gasteiger partial charge in [-0.3, -0.25) is 4.79 Å². The molecule has 15 heavy (non-hydrogen) atoms. The van der Waals surface area contributed by atoms with Crippen LogP contribution in [0.4, 0.5) is 8.78 Å². The minimum absolute atomic E-state index is 0.0791. The van der Waals surface area contributed by atoms with Gasteiger partial charge in [-0.2, -0.15) is 0 Å². The standard InChI is InChI=1S/C10H11F2NO2/c11-7-3-1-2-6(9(7)12)4-5-8(13)10(14)15/h1-3,8H,4-5,13H2,(H,14,15)/t8-/m1/s1. The van der Waals surface area contributed by atoms with Crippen LogP contribution in [-0.4, -0.2) is 17.1 Å². The Morgan fingerprint density at radius 2 is 2.13 bits per heavy atom. The molecule has 0 fully saturated rings. The Morgan fingerprint density at radius 1 is 1.47 bits per heavy atom. The number of halogens is 2. The van der Waals surface area contributed by atoms with Crippen LogP contribution in [0.3, 0.4) is 0 Å². The first-order valence-electron chi connectivity index (χ1n) is 4.43. The van der Waals surface area contributed by atoms with Crippen LogP contribution >= 0.6 is 0 Å². The SMILES string of the molecule is N[C@H](CCc1cccc(F)c1F)C(=O)O. The number of benzene rings is 1. The van der Waals surface area contributed by atoms with Crippen LogP contribution in [0.25, 0.3) is 0 Å². The molecule has 3 N–H and O–H groups in total. The van der Waals surface area contributed by atoms with Crippen molar-refractivity contribution in [1.29, 1.82) is 0 Å². The van der Waals surface area contributed by atoms with Crippen molar-refractivity contribution >= 4 is 5.97 Å². The number of aliphatic carboxylic acids is 1. The Labute approximate surface area is 85.5 Å². The number of carbonyl (C=O) groups is 1. The lowest BCUT2D eigenvalue weighted by Crippen LogP contribution is -2.30. The summed E-state index contributed by atoms with van der Waals surface area (Å²) in [5.41, 5.74) is 5.38. The fourth-order valence-electron chi connectivity index (χ4n) is 1.18. The normalized spacial score (nSPS) is 12.5. The molecule has 0 aliphatic carbocycles. The van der Waals surface area contributed by atoms with E-state index in [1.807, 2.05) is 0 Å². The van der Waals surface area contributed by atoms with Gasteiger partial charge in [0.15, 0.2) is 11.6 Å². The maximum Gasteiger partial charge on any atom is 0.320 e. The van der Waals surface area contributed by atoms with E-state index in [-0.39, 0.29) is 18.4 Å². The fourth-order valence-corrected chi connectivity index (χ4v) is 1.18. The van der Waals surface area contributed by atoms with Crippen molar-refractivity contribution in [3.05, 3.63) is 35.4 Å². The van der Waals surface area contributed by atoms with Gasteiger partial charge in [-0.15, -0.1) is 0 Å². The summed E-state index contributed by atoms with van der Waals surface area (Å²) in [7, 11) is 0. The van der Waals surface area contributed by atoms with Crippen molar-refractivity contribution in [2.24, 2.45) is 5.73 Å². The lowest BCUT2D eigenvalue weighted by molar-refractivity contribution is -0.138. The van der Waals surface area contributed by atoms with Gasteiger partial charge in [-0.1, -0.05) is 12.1 Å². The number of aryl methyl sites for hydroxylation is 1. The number of hydrogen-bond acceptors (Lipinski definition) is 2. The summed E-state index contributed by atoms with van der Waals surface area (Å²) in [4.78, 5) is 10.4. The number of nitrogens with two attached hydrogens (primary N) is 1. The highest BCUT2D eigenvalue weighted by Crippen LogP contribution is 2.13. The van der Waals surface area contributed by atoms with Gasteiger partial charge in [-0.05, 0) is 24.5 Å². The van der Waals surface area contributed by atoms with Crippen LogP contribution in [-0.2, 0) is 11.2 Å². The molecule has 5 heteroatoms. The molecule has 0 bridgehead atoms. The predicted molar refractivity (Wildman–Crippen MR) is 50.3 cm³/mol. The van der Waals surface area contributed by atoms with E-state index >= 15 is 0 Å². The first kappa shape index (κ1) is 11.6. The van der Waals surface area contributed by atoms with Crippen LogP contribution in [0.2, 0.25) is 0 Å². The topological polar surface area (TPSA) is 63.3 Å². The van der Waals surface area contributed by atoms with Crippen molar-refractivity contribution in [2.75, 3.05) is 0 Å². The highest BCUT2D eigenvalue weighted by atomic mass is 19.2. The number of hydrogen-bond donors (Lipinski definition) is 2. The van der Waals surface area contributed by atoms with Gasteiger partial charge in [0.05, 0.1) is 0 Å². The molecule has 0 saturated carbocycles. The van der Waals surface area contributed by atoms with Gasteiger partial charge in [0.25, 0.3) is 0 Å². The molecule has 1 rings (SSSR count). The van der Waals surface area contributed by atoms with E-state index in [0.29, 0.717) is 0 Å². The minimum Gasteiger partial charge on any atom is -0.480 e. The van der Waals surface area contributed by atoms with Crippen molar-refractivity contribution in [3.63, 3.8) is 0 Å². The Balaban J connectivity index is 2.66. The van der Waals surface area contributed by atoms with E-state index in [9.17, 15) is 13.6 Å². The second-order valence-corrected chi connectivity index (χ2v) is 3.20. The highest BCUT2D eigenvalue weighted by molar-refractivity contribution is 5.73. The van der Waals surface area contributed by atoms with Gasteiger partial charge in [0.1, 0.15) is 6.04 Å². The molecular formula is C10H11F2NO2. The number of rotatable bonds is 4. The summed E-state index contributed by atoms with van der Waals surface area (Å²) in [6.07, 6.45) is 0.187. The molecular weight excluding hydrogens is 204 g/mol. The molecule has 0 heterocycles. The maximum absolute atomic E-state index is 13.1. The Bertz CT molecular complexity index is 368. The van der Waals surface area contributed by atoms with Crippen LogP contribution < -0.4 is 5.73 Å². The van der Waals surface area contributed by atoms with Crippen LogP contribution in [0.15, 0.2) is 18.2 Å². The Morgan fingerprint density at radius 3 is 2.73 bits per heavy atom. The van der Waals surface area contributed by atoms with E-state index in [2.05, 4.69) is 0 Å². The molecule has 0 aliphatic heterocycles. The molecule has 1 aromatic carbocycles. The largest absolute Gasteiger partial charge is 0.480 e. The van der Waals surface area contributed by atoms with Gasteiger partial charge in [0.2, 0.25) is 0 Å². The van der Waals surface area contributed by atoms with E-state index in [0.717, 1.165) is 6.07 Å². The van der Waals surface area contributed by atoms with Crippen molar-refractivity contribution in [2.45, 2.75) is 18.9 Å². The number of carboxylic acids is 1. The maximum atomic E-state index is 13.1. The summed E-state index contributed by atoms with van der Waals surface area (Å²) in [6.45, 7) is 0. The third-order valence-corrected chi connectivity index (χ3v) is 2.07. The van der Waals surface area contributed by atoms with Crippen molar-refractivity contribution in [1.82, 2.24) is 0 Å². The van der Waals surface area contributed by atoms with E-state index in [4.69, 9.17) is 10.8 Å². The summed E-state index contributed by atoms with van der Waals surface area (Å²) in [5, 5.41) is 8.49. The molecule has 0 radical (unpaired) electrons. The summed E-state index contributed by atoms with van der Waals surface area (Å²) >= 11 is 0. The van der Waals surface area contributed by atoms with Gasteiger partial charge >= 0.3 is 5.97 Å². The van der Waals surface area contributed by atoms with Crippen molar-refractivity contribution < 1.29 is 18.7 Å². The zero-order chi connectivity index (χ0) is 11.4. The monoisotopic (exact) mass is 215 g/mol. The molecule has 0 saturated heterocycles. The van der Waals surface area contributed by atoms with Gasteiger partial charge < -0.3 is 10.8 Å². The molecule has 3 nitrogen and oxygen atoms in total. The van der Waals surface area contributed by atoms with Crippen LogP contribution in [0, 0.1) is 11.6 Å². The Hall–Kier alpha value is -1.49. The second kappa shape index (κ2) is 4.84. The molecule has 0 spiro atoms. The minimum atomic E-state index is -1.15. The molecule has 0 aliphatic rings. The molecule has 0 amide bonds. The molecule has 82 valence electrons. The zero-order valence-corrected chi connectivity index (χ0v) is 7.91. The predicted octanol–water partition coefficient (Wildman–Crippen LogP) is 1.31. The third kappa shape index (κ3) is 2.99. The summed E-state index contributed by atoms with van der Waals surface area (Å²) < 4.78 is 25.8. The average molecular weight is 215 g/mol. The smallest absolute Gasteiger partial charge is 0.320 e. The lowest BCUT2D eigenvalue weighted by Gasteiger charge is -2.07. The fraction of sp³-hybridized carbons (Fsp3) is 0.300. The first-order valence-corrected chi connectivity index (χ1v) is 4.43. The van der Waals surface area contributed by atoms with Crippen LogP contribution in [0.1, 0.15) is 12.0 Å². The van der Waals surface area contributed by atoms with Crippen LogP contribution in [0.5, 0.6) is 0 Å². The summed E-state index contributed by atoms with van der Waals surface area (Å²) in [5.74, 6) is -3.02. The molecule has 0 unspecified atom stereocenters. The van der Waals surface area contributed by atoms with Gasteiger partial charge in [0, 0.05) is 0 Å². The zero-order valence-electron chi connectivity index (χ0n) is 7.91. The van der Waals surface area contributed by atoms with E-state index < -0.39 is 23.6 Å². The summed E-state index contributed by atoms with van der Waals surface area (Å²) in [6, 6.07) is 2.75. The van der Waals surface area contributed by atoms with Crippen molar-refractivity contribution in [3.8, 4) is 0 Å².